The molecule has 19 nitrogen and oxygen atoms in total. The van der Waals surface area contributed by atoms with Crippen LogP contribution in [0.2, 0.25) is 0 Å². The molecule has 0 aromatic rings. The minimum absolute atomic E-state index is 0.0430. The van der Waals surface area contributed by atoms with Crippen LogP contribution in [0.4, 0.5) is 0 Å². The fourth-order valence-electron chi connectivity index (χ4n) is 8.26. The first-order valence-corrected chi connectivity index (χ1v) is 27.8. The highest BCUT2D eigenvalue weighted by molar-refractivity contribution is 5.74. The van der Waals surface area contributed by atoms with Gasteiger partial charge in [-0.2, -0.15) is 0 Å². The molecule has 2 aliphatic rings. The first-order chi connectivity index (χ1) is 35.4. The highest BCUT2D eigenvalue weighted by atomic mass is 16.8. The fourth-order valence-corrected chi connectivity index (χ4v) is 8.26. The molecule has 2 fully saturated rings. The van der Waals surface area contributed by atoms with Gasteiger partial charge in [-0.05, 0) is 43.3 Å². The largest absolute Gasteiger partial charge is 0.463 e. The summed E-state index contributed by atoms with van der Waals surface area (Å²) in [7, 11) is 0. The van der Waals surface area contributed by atoms with Crippen molar-refractivity contribution in [3.05, 3.63) is 0 Å². The number of rotatable bonds is 20. The molecule has 2 heterocycles. The summed E-state index contributed by atoms with van der Waals surface area (Å²) in [6.45, 7) is 42.3. The van der Waals surface area contributed by atoms with Crippen molar-refractivity contribution in [1.82, 2.24) is 0 Å². The van der Waals surface area contributed by atoms with Crippen LogP contribution in [0, 0.1) is 43.3 Å². The molecule has 1 unspecified atom stereocenters. The first-order valence-electron chi connectivity index (χ1n) is 27.8. The van der Waals surface area contributed by atoms with Crippen LogP contribution in [0.15, 0.2) is 0 Å². The lowest BCUT2D eigenvalue weighted by molar-refractivity contribution is -0.358. The Morgan fingerprint density at radius 2 is 0.481 bits per heavy atom. The van der Waals surface area contributed by atoms with Gasteiger partial charge in [-0.3, -0.25) is 38.4 Å². The molecule has 0 radical (unpaired) electrons. The number of esters is 8. The van der Waals surface area contributed by atoms with Crippen LogP contribution in [0.5, 0.6) is 0 Å². The molecular formula is C60H102O19. The number of hydrogen-bond acceptors (Lipinski definition) is 19. The lowest BCUT2D eigenvalue weighted by Gasteiger charge is -2.49. The van der Waals surface area contributed by atoms with Gasteiger partial charge in [0.15, 0.2) is 30.7 Å². The molecule has 0 aromatic carbocycles. The van der Waals surface area contributed by atoms with Gasteiger partial charge in [0.1, 0.15) is 31.5 Å². The maximum absolute atomic E-state index is 14.3. The molecule has 456 valence electrons. The lowest BCUT2D eigenvalue weighted by Crippen LogP contribution is -2.67. The average Bonchev–Trinajstić information content (AvgIpc) is 3.15. The molecule has 0 aromatic heterocycles. The lowest BCUT2D eigenvalue weighted by atomic mass is 9.91. The van der Waals surface area contributed by atoms with Crippen molar-refractivity contribution >= 4 is 47.8 Å². The minimum Gasteiger partial charge on any atom is -0.463 e. The molecule has 0 saturated carbocycles. The third kappa shape index (κ3) is 29.3. The van der Waals surface area contributed by atoms with Crippen molar-refractivity contribution in [3.63, 3.8) is 0 Å². The number of ether oxygens (including phenoxy) is 11. The van der Waals surface area contributed by atoms with Crippen LogP contribution < -0.4 is 0 Å². The van der Waals surface area contributed by atoms with E-state index in [2.05, 4.69) is 0 Å². The Morgan fingerprint density at radius 3 is 0.785 bits per heavy atom. The van der Waals surface area contributed by atoms with E-state index in [4.69, 9.17) is 52.1 Å². The molecule has 19 heteroatoms. The van der Waals surface area contributed by atoms with Crippen molar-refractivity contribution in [1.29, 1.82) is 0 Å². The van der Waals surface area contributed by atoms with Gasteiger partial charge in [0.05, 0.1) is 51.4 Å². The van der Waals surface area contributed by atoms with Gasteiger partial charge >= 0.3 is 47.8 Å². The molecule has 2 rings (SSSR count). The maximum atomic E-state index is 14.3. The maximum Gasteiger partial charge on any atom is 0.308 e. The zero-order valence-electron chi connectivity index (χ0n) is 52.6. The Balaban J connectivity index is 3.25. The molecular weight excluding hydrogens is 1020 g/mol. The second kappa shape index (κ2) is 27.6. The predicted octanol–water partition coefficient (Wildman–Crippen LogP) is 10.5. The van der Waals surface area contributed by atoms with E-state index in [0.29, 0.717) is 0 Å². The van der Waals surface area contributed by atoms with Crippen LogP contribution >= 0.6 is 0 Å². The summed E-state index contributed by atoms with van der Waals surface area (Å²) >= 11 is 0. The van der Waals surface area contributed by atoms with E-state index in [-0.39, 0.29) is 51.4 Å². The van der Waals surface area contributed by atoms with Crippen LogP contribution in [0.1, 0.15) is 218 Å². The summed E-state index contributed by atoms with van der Waals surface area (Å²) in [5.41, 5.74) is -4.90. The highest BCUT2D eigenvalue weighted by Crippen LogP contribution is 2.39. The third-order valence-electron chi connectivity index (χ3n) is 11.3. The van der Waals surface area contributed by atoms with Gasteiger partial charge < -0.3 is 52.1 Å². The smallest absolute Gasteiger partial charge is 0.308 e. The minimum atomic E-state index is -1.93. The van der Waals surface area contributed by atoms with Gasteiger partial charge in [0, 0.05) is 0 Å². The van der Waals surface area contributed by atoms with Gasteiger partial charge in [0.25, 0.3) is 0 Å². The summed E-state index contributed by atoms with van der Waals surface area (Å²) < 4.78 is 69.4. The third-order valence-corrected chi connectivity index (χ3v) is 11.3. The van der Waals surface area contributed by atoms with Crippen molar-refractivity contribution in [2.24, 2.45) is 43.3 Å². The molecule has 0 N–H and O–H groups in total. The van der Waals surface area contributed by atoms with Crippen molar-refractivity contribution < 1.29 is 90.5 Å². The molecule has 79 heavy (non-hydrogen) atoms. The Hall–Kier alpha value is -4.36. The van der Waals surface area contributed by atoms with Gasteiger partial charge in [-0.1, -0.05) is 166 Å². The molecule has 10 atom stereocenters. The monoisotopic (exact) mass is 1130 g/mol. The second-order valence-corrected chi connectivity index (χ2v) is 31.2. The van der Waals surface area contributed by atoms with Crippen LogP contribution in [0.25, 0.3) is 0 Å². The van der Waals surface area contributed by atoms with Gasteiger partial charge in [0.2, 0.25) is 12.4 Å². The summed E-state index contributed by atoms with van der Waals surface area (Å²) in [6.07, 6.45) is -18.4. The van der Waals surface area contributed by atoms with Crippen molar-refractivity contribution in [3.8, 4) is 0 Å². The molecule has 0 bridgehead atoms. The van der Waals surface area contributed by atoms with Crippen molar-refractivity contribution in [2.75, 3.05) is 13.2 Å². The Labute approximate surface area is 472 Å². The van der Waals surface area contributed by atoms with E-state index in [1.54, 1.807) is 83.1 Å². The van der Waals surface area contributed by atoms with E-state index in [9.17, 15) is 38.4 Å². The zero-order valence-corrected chi connectivity index (χ0v) is 52.6. The Morgan fingerprint density at radius 1 is 0.266 bits per heavy atom. The first kappa shape index (κ1) is 70.7. The summed E-state index contributed by atoms with van der Waals surface area (Å²) in [5.74, 6) is -6.05. The molecule has 0 aliphatic carbocycles. The molecule has 2 aliphatic heterocycles. The average molecular weight is 1130 g/mol. The Bertz CT molecular complexity index is 2070. The number of carbonyl (C=O) groups is 8. The molecule has 0 spiro atoms. The number of carbonyl (C=O) groups excluding carboxylic acids is 8. The van der Waals surface area contributed by atoms with Crippen LogP contribution in [-0.4, -0.2) is 122 Å². The van der Waals surface area contributed by atoms with E-state index in [1.165, 1.54) is 0 Å². The Kier molecular flexibility index (Phi) is 24.7. The van der Waals surface area contributed by atoms with Gasteiger partial charge in [-0.25, -0.2) is 0 Å². The van der Waals surface area contributed by atoms with E-state index >= 15 is 0 Å². The topological polar surface area (TPSA) is 238 Å². The zero-order chi connectivity index (χ0) is 61.2. The predicted molar refractivity (Wildman–Crippen MR) is 292 cm³/mol. The number of hydrogen-bond donors (Lipinski definition) is 0. The normalized spacial score (nSPS) is 24.6. The molecule has 2 saturated heterocycles. The molecule has 0 amide bonds. The van der Waals surface area contributed by atoms with E-state index < -0.39 is 166 Å². The van der Waals surface area contributed by atoms with E-state index in [1.807, 2.05) is 83.1 Å². The van der Waals surface area contributed by atoms with E-state index in [0.717, 1.165) is 0 Å². The quantitative estimate of drug-likeness (QED) is 0.0813. The summed E-state index contributed by atoms with van der Waals surface area (Å²) in [6, 6.07) is 0. The summed E-state index contributed by atoms with van der Waals surface area (Å²) in [4.78, 5) is 112. The standard InChI is InChI=1S/C60H102O19/c1-53(2,3)25-37(61)69-33-35-45(73-39(63)27-55(7,8)9)47(74-40(64)28-56(10,11)12)50(77-43(67)31-59(19,20)21)52(72-35)79-46-36(34-70-38(62)26-54(4,5)6)71-51(78-44(68)32-60(22,23)24)49(76-42(66)30-58(16,17)18)48(46)75-41(65)29-57(13,14)15/h35-36,45-52H,25-34H2,1-24H3/t35-,36-,45+,46-,47+,48+,49-,50-,51?,52+/m1/s1. The summed E-state index contributed by atoms with van der Waals surface area (Å²) in [5, 5.41) is 0. The van der Waals surface area contributed by atoms with Crippen molar-refractivity contribution in [2.45, 2.75) is 279 Å². The van der Waals surface area contributed by atoms with Crippen LogP contribution in [0.3, 0.4) is 0 Å². The fraction of sp³-hybridized carbons (Fsp3) is 0.867. The second-order valence-electron chi connectivity index (χ2n) is 31.2. The van der Waals surface area contributed by atoms with Gasteiger partial charge in [-0.15, -0.1) is 0 Å². The highest BCUT2D eigenvalue weighted by Gasteiger charge is 2.59. The SMILES string of the molecule is CC(C)(C)CC(=O)OC[C@H]1O[C@@H](O[C@H]2[C@H](OC(=O)CC(C)(C)C)[C@@H](OC(=O)CC(C)(C)C)C(OC(=O)CC(C)(C)C)O[C@@H]2COC(=O)CC(C)(C)C)[C@H](OC(=O)CC(C)(C)C)[C@@H](OC(=O)CC(C)(C)C)[C@H]1OC(=O)CC(C)(C)C. The van der Waals surface area contributed by atoms with Crippen LogP contribution in [-0.2, 0) is 90.5 Å².